The zero-order chi connectivity index (χ0) is 19.6. The van der Waals surface area contributed by atoms with Gasteiger partial charge in [0.05, 0.1) is 30.4 Å². The van der Waals surface area contributed by atoms with E-state index in [9.17, 15) is 9.59 Å². The molecule has 2 amide bonds. The zero-order valence-electron chi connectivity index (χ0n) is 15.7. The summed E-state index contributed by atoms with van der Waals surface area (Å²) in [4.78, 5) is 28.0. The first-order valence-corrected chi connectivity index (χ1v) is 9.42. The molecule has 0 atom stereocenters. The molecule has 0 N–H and O–H groups in total. The Morgan fingerprint density at radius 1 is 0.889 bits per heavy atom. The highest BCUT2D eigenvalue weighted by Gasteiger charge is 2.40. The van der Waals surface area contributed by atoms with Gasteiger partial charge in [-0.2, -0.15) is 0 Å². The predicted octanol–water partition coefficient (Wildman–Crippen LogP) is 4.13. The molecule has 2 aromatic rings. The number of nitrogens with zero attached hydrogens (tertiary/aromatic N) is 1. The Balaban J connectivity index is 2.07. The fourth-order valence-corrected chi connectivity index (χ4v) is 3.84. The Morgan fingerprint density at radius 2 is 1.56 bits per heavy atom. The number of ether oxygens (including phenoxy) is 2. The van der Waals surface area contributed by atoms with E-state index < -0.39 is 0 Å². The number of carbonyl (C=O) groups excluding carboxylic acids is 2. The van der Waals surface area contributed by atoms with E-state index in [1.165, 1.54) is 16.7 Å². The summed E-state index contributed by atoms with van der Waals surface area (Å²) in [6.45, 7) is 3.99. The average Bonchev–Trinajstić information content (AvgIpc) is 2.91. The van der Waals surface area contributed by atoms with Crippen LogP contribution in [-0.2, 0) is 9.59 Å². The molecule has 0 aliphatic carbocycles. The Bertz CT molecular complexity index is 903. The molecule has 140 valence electrons. The van der Waals surface area contributed by atoms with Crippen molar-refractivity contribution in [1.29, 1.82) is 0 Å². The van der Waals surface area contributed by atoms with Gasteiger partial charge >= 0.3 is 0 Å². The number of hydrogen-bond donors (Lipinski definition) is 0. The second kappa shape index (κ2) is 7.88. The number of thioether (sulfide) groups is 1. The molecular formula is C21H21NO4S. The number of imide groups is 1. The molecule has 1 aliphatic heterocycles. The summed E-state index contributed by atoms with van der Waals surface area (Å²) in [5.41, 5.74) is 1.61. The fourth-order valence-electron chi connectivity index (χ4n) is 2.85. The zero-order valence-corrected chi connectivity index (χ0v) is 16.5. The van der Waals surface area contributed by atoms with E-state index in [-0.39, 0.29) is 17.1 Å². The lowest BCUT2D eigenvalue weighted by atomic mass is 10.1. The smallest absolute Gasteiger partial charge is 0.272 e. The van der Waals surface area contributed by atoms with E-state index in [0.717, 1.165) is 0 Å². The van der Waals surface area contributed by atoms with Gasteiger partial charge in [-0.05, 0) is 29.8 Å². The van der Waals surface area contributed by atoms with Gasteiger partial charge in [-0.3, -0.25) is 9.59 Å². The molecule has 0 saturated carbocycles. The maximum Gasteiger partial charge on any atom is 0.272 e. The molecule has 27 heavy (non-hydrogen) atoms. The van der Waals surface area contributed by atoms with Crippen LogP contribution in [0.15, 0.2) is 53.4 Å². The topological polar surface area (TPSA) is 55.8 Å². The lowest BCUT2D eigenvalue weighted by Gasteiger charge is -2.16. The molecule has 0 saturated heterocycles. The SMILES string of the molecule is COc1ccc(C2=C(SC(C)C)C(=O)N(c3cccc(OC)c3)C2=O)cc1. The third-order valence-electron chi connectivity index (χ3n) is 4.09. The Hall–Kier alpha value is -2.73. The quantitative estimate of drug-likeness (QED) is 0.702. The van der Waals surface area contributed by atoms with Crippen LogP contribution < -0.4 is 14.4 Å². The van der Waals surface area contributed by atoms with Gasteiger partial charge in [-0.25, -0.2) is 4.90 Å². The van der Waals surface area contributed by atoms with Crippen molar-refractivity contribution in [1.82, 2.24) is 0 Å². The monoisotopic (exact) mass is 383 g/mol. The van der Waals surface area contributed by atoms with Crippen LogP contribution in [0.4, 0.5) is 5.69 Å². The molecule has 2 aromatic carbocycles. The summed E-state index contributed by atoms with van der Waals surface area (Å²) in [7, 11) is 3.14. The number of anilines is 1. The minimum absolute atomic E-state index is 0.162. The molecule has 0 unspecified atom stereocenters. The summed E-state index contributed by atoms with van der Waals surface area (Å²) in [5.74, 6) is 0.641. The van der Waals surface area contributed by atoms with E-state index in [4.69, 9.17) is 9.47 Å². The van der Waals surface area contributed by atoms with Crippen molar-refractivity contribution in [3.8, 4) is 11.5 Å². The van der Waals surface area contributed by atoms with Gasteiger partial charge in [0.25, 0.3) is 11.8 Å². The van der Waals surface area contributed by atoms with Crippen molar-refractivity contribution in [3.63, 3.8) is 0 Å². The number of amides is 2. The van der Waals surface area contributed by atoms with Gasteiger partial charge in [0.2, 0.25) is 0 Å². The van der Waals surface area contributed by atoms with Crippen molar-refractivity contribution in [3.05, 3.63) is 59.0 Å². The number of carbonyl (C=O) groups is 2. The molecule has 1 heterocycles. The molecule has 1 aliphatic rings. The second-order valence-corrected chi connectivity index (χ2v) is 7.83. The van der Waals surface area contributed by atoms with Crippen LogP contribution in [0.1, 0.15) is 19.4 Å². The van der Waals surface area contributed by atoms with E-state index >= 15 is 0 Å². The van der Waals surface area contributed by atoms with Crippen molar-refractivity contribution >= 4 is 34.8 Å². The van der Waals surface area contributed by atoms with Crippen molar-refractivity contribution in [2.24, 2.45) is 0 Å². The number of methoxy groups -OCH3 is 2. The number of rotatable bonds is 6. The molecule has 0 radical (unpaired) electrons. The van der Waals surface area contributed by atoms with Crippen molar-refractivity contribution < 1.29 is 19.1 Å². The first kappa shape index (κ1) is 19.0. The normalized spacial score (nSPS) is 14.3. The highest BCUT2D eigenvalue weighted by molar-refractivity contribution is 8.04. The Kier molecular flexibility index (Phi) is 5.56. The van der Waals surface area contributed by atoms with E-state index in [2.05, 4.69) is 0 Å². The van der Waals surface area contributed by atoms with Gasteiger partial charge in [-0.15, -0.1) is 11.8 Å². The van der Waals surface area contributed by atoms with Crippen LogP contribution in [0.2, 0.25) is 0 Å². The molecule has 0 spiro atoms. The summed E-state index contributed by atoms with van der Waals surface area (Å²) in [5, 5.41) is 0.162. The van der Waals surface area contributed by atoms with Crippen LogP contribution >= 0.6 is 11.8 Å². The lowest BCUT2D eigenvalue weighted by molar-refractivity contribution is -0.119. The molecular weight excluding hydrogens is 362 g/mol. The third kappa shape index (κ3) is 3.71. The van der Waals surface area contributed by atoms with Crippen LogP contribution in [0.3, 0.4) is 0 Å². The maximum atomic E-state index is 13.2. The van der Waals surface area contributed by atoms with Gasteiger partial charge in [-0.1, -0.05) is 32.0 Å². The minimum atomic E-state index is -0.332. The summed E-state index contributed by atoms with van der Waals surface area (Å²) in [6, 6.07) is 14.1. The molecule has 0 aromatic heterocycles. The average molecular weight is 383 g/mol. The summed E-state index contributed by atoms with van der Waals surface area (Å²) >= 11 is 1.40. The Labute approximate surface area is 163 Å². The third-order valence-corrected chi connectivity index (χ3v) is 5.17. The van der Waals surface area contributed by atoms with Gasteiger partial charge in [0.15, 0.2) is 0 Å². The first-order chi connectivity index (χ1) is 13.0. The van der Waals surface area contributed by atoms with Crippen LogP contribution in [0.25, 0.3) is 5.57 Å². The largest absolute Gasteiger partial charge is 0.497 e. The van der Waals surface area contributed by atoms with Gasteiger partial charge < -0.3 is 9.47 Å². The van der Waals surface area contributed by atoms with Crippen LogP contribution in [0.5, 0.6) is 11.5 Å². The highest BCUT2D eigenvalue weighted by atomic mass is 32.2. The van der Waals surface area contributed by atoms with E-state index in [1.54, 1.807) is 62.8 Å². The molecule has 6 heteroatoms. The van der Waals surface area contributed by atoms with E-state index in [1.807, 2.05) is 13.8 Å². The second-order valence-electron chi connectivity index (χ2n) is 6.25. The Morgan fingerprint density at radius 3 is 2.15 bits per heavy atom. The molecule has 5 nitrogen and oxygen atoms in total. The van der Waals surface area contributed by atoms with Gasteiger partial charge in [0, 0.05) is 11.3 Å². The van der Waals surface area contributed by atoms with Crippen molar-refractivity contribution in [2.45, 2.75) is 19.1 Å². The van der Waals surface area contributed by atoms with Crippen molar-refractivity contribution in [2.75, 3.05) is 19.1 Å². The molecule has 3 rings (SSSR count). The summed E-state index contributed by atoms with van der Waals surface area (Å²) < 4.78 is 10.4. The maximum absolute atomic E-state index is 13.2. The van der Waals surface area contributed by atoms with Crippen LogP contribution in [0, 0.1) is 0 Å². The highest BCUT2D eigenvalue weighted by Crippen LogP contribution is 2.40. The number of hydrogen-bond acceptors (Lipinski definition) is 5. The number of benzene rings is 2. The van der Waals surface area contributed by atoms with Crippen LogP contribution in [-0.4, -0.2) is 31.3 Å². The standard InChI is InChI=1S/C21H21NO4S/c1-13(2)27-19-18(14-8-10-16(25-3)11-9-14)20(23)22(21(19)24)15-6-5-7-17(12-15)26-4/h5-13H,1-4H3. The fraction of sp³-hybridized carbons (Fsp3) is 0.238. The predicted molar refractivity (Wildman–Crippen MR) is 108 cm³/mol. The first-order valence-electron chi connectivity index (χ1n) is 8.54. The minimum Gasteiger partial charge on any atom is -0.497 e. The van der Waals surface area contributed by atoms with Gasteiger partial charge in [0.1, 0.15) is 11.5 Å². The lowest BCUT2D eigenvalue weighted by Crippen LogP contribution is -2.31. The molecule has 0 fully saturated rings. The summed E-state index contributed by atoms with van der Waals surface area (Å²) in [6.07, 6.45) is 0. The molecule has 0 bridgehead atoms. The van der Waals surface area contributed by atoms with E-state index in [0.29, 0.717) is 33.2 Å².